The Morgan fingerprint density at radius 1 is 1.06 bits per heavy atom. The summed E-state index contributed by atoms with van der Waals surface area (Å²) in [5.41, 5.74) is 3.32. The van der Waals surface area contributed by atoms with Crippen molar-refractivity contribution in [2.75, 3.05) is 6.61 Å². The van der Waals surface area contributed by atoms with E-state index in [1.807, 2.05) is 31.2 Å². The first kappa shape index (κ1) is 24.8. The maximum Gasteiger partial charge on any atom is 0.408 e. The normalized spacial score (nSPS) is 22.1. The molecule has 3 unspecified atom stereocenters. The fourth-order valence-corrected chi connectivity index (χ4v) is 5.55. The Labute approximate surface area is 206 Å². The number of ether oxygens (including phenoxy) is 1. The lowest BCUT2D eigenvalue weighted by Crippen LogP contribution is -2.63. The van der Waals surface area contributed by atoms with Crippen LogP contribution in [0.15, 0.2) is 48.5 Å². The molecule has 2 aliphatic rings. The SMILES string of the molecule is CC1CCCC(NC(=O)OCC2c3ccccc3-c3ccccc32)(C(=O)NC(C(=O)O)C(C)C)C1. The van der Waals surface area contributed by atoms with Gasteiger partial charge in [0.15, 0.2) is 0 Å². The second kappa shape index (κ2) is 10.1. The minimum absolute atomic E-state index is 0.0828. The fourth-order valence-electron chi connectivity index (χ4n) is 5.55. The van der Waals surface area contributed by atoms with Crippen LogP contribution in [0.3, 0.4) is 0 Å². The van der Waals surface area contributed by atoms with Crippen LogP contribution in [0.25, 0.3) is 11.1 Å². The number of benzene rings is 2. The van der Waals surface area contributed by atoms with E-state index in [0.717, 1.165) is 35.1 Å². The Morgan fingerprint density at radius 3 is 2.20 bits per heavy atom. The Kier molecular flexibility index (Phi) is 7.15. The number of aliphatic carboxylic acids is 1. The molecule has 0 spiro atoms. The molecule has 0 aliphatic heterocycles. The van der Waals surface area contributed by atoms with Gasteiger partial charge in [0.2, 0.25) is 5.91 Å². The standard InChI is InChI=1S/C28H34N2O5/c1-17(2)24(25(31)32)29-26(33)28(14-8-9-18(3)15-28)30-27(34)35-16-23-21-12-6-4-10-19(21)20-11-5-7-13-22(20)23/h4-7,10-13,17-18,23-24H,8-9,14-16H2,1-3H3,(H,29,33)(H,30,34)(H,31,32). The molecule has 0 bridgehead atoms. The summed E-state index contributed by atoms with van der Waals surface area (Å²) >= 11 is 0. The maximum absolute atomic E-state index is 13.4. The molecular formula is C28H34N2O5. The van der Waals surface area contributed by atoms with Gasteiger partial charge in [0, 0.05) is 5.92 Å². The van der Waals surface area contributed by atoms with E-state index in [4.69, 9.17) is 4.74 Å². The summed E-state index contributed by atoms with van der Waals surface area (Å²) in [5, 5.41) is 15.1. The van der Waals surface area contributed by atoms with Crippen molar-refractivity contribution in [2.45, 2.75) is 64.0 Å². The van der Waals surface area contributed by atoms with E-state index >= 15 is 0 Å². The third kappa shape index (κ3) is 5.04. The molecule has 2 aliphatic carbocycles. The molecule has 4 rings (SSSR count). The van der Waals surface area contributed by atoms with E-state index in [1.165, 1.54) is 0 Å². The summed E-state index contributed by atoms with van der Waals surface area (Å²) in [4.78, 5) is 38.1. The van der Waals surface area contributed by atoms with E-state index in [0.29, 0.717) is 12.8 Å². The number of hydrogen-bond donors (Lipinski definition) is 3. The number of carboxylic acid groups (broad SMARTS) is 1. The Balaban J connectivity index is 1.49. The van der Waals surface area contributed by atoms with Crippen molar-refractivity contribution in [3.63, 3.8) is 0 Å². The van der Waals surface area contributed by atoms with Crippen LogP contribution in [-0.2, 0) is 14.3 Å². The third-order valence-electron chi connectivity index (χ3n) is 7.34. The van der Waals surface area contributed by atoms with Gasteiger partial charge in [0.1, 0.15) is 18.2 Å². The van der Waals surface area contributed by atoms with Crippen LogP contribution in [-0.4, -0.2) is 41.3 Å². The first-order chi connectivity index (χ1) is 16.7. The van der Waals surface area contributed by atoms with Crippen LogP contribution in [0.1, 0.15) is 63.5 Å². The highest BCUT2D eigenvalue weighted by Crippen LogP contribution is 2.44. The van der Waals surface area contributed by atoms with Crippen molar-refractivity contribution in [1.29, 1.82) is 0 Å². The van der Waals surface area contributed by atoms with Gasteiger partial charge in [0.05, 0.1) is 0 Å². The molecule has 0 saturated heterocycles. The second-order valence-electron chi connectivity index (χ2n) is 10.3. The maximum atomic E-state index is 13.4. The van der Waals surface area contributed by atoms with E-state index in [1.54, 1.807) is 13.8 Å². The predicted octanol–water partition coefficient (Wildman–Crippen LogP) is 4.70. The highest BCUT2D eigenvalue weighted by molar-refractivity contribution is 5.93. The van der Waals surface area contributed by atoms with Crippen LogP contribution in [0.2, 0.25) is 0 Å². The molecule has 2 aromatic carbocycles. The first-order valence-electron chi connectivity index (χ1n) is 12.4. The first-order valence-corrected chi connectivity index (χ1v) is 12.4. The van der Waals surface area contributed by atoms with Gasteiger partial charge in [-0.05, 0) is 46.9 Å². The van der Waals surface area contributed by atoms with E-state index < -0.39 is 29.6 Å². The van der Waals surface area contributed by atoms with Crippen LogP contribution in [0.5, 0.6) is 0 Å². The van der Waals surface area contributed by atoms with Crippen molar-refractivity contribution >= 4 is 18.0 Å². The number of amides is 2. The largest absolute Gasteiger partial charge is 0.480 e. The molecule has 2 aromatic rings. The molecule has 7 heteroatoms. The predicted molar refractivity (Wildman–Crippen MR) is 133 cm³/mol. The summed E-state index contributed by atoms with van der Waals surface area (Å²) in [5.74, 6) is -1.71. The lowest BCUT2D eigenvalue weighted by Gasteiger charge is -2.39. The lowest BCUT2D eigenvalue weighted by atomic mass is 9.75. The number of rotatable bonds is 7. The molecule has 3 atom stereocenters. The van der Waals surface area contributed by atoms with Gasteiger partial charge in [-0.1, -0.05) is 82.1 Å². The number of carbonyl (C=O) groups excluding carboxylic acids is 2. The van der Waals surface area contributed by atoms with Gasteiger partial charge >= 0.3 is 12.1 Å². The summed E-state index contributed by atoms with van der Waals surface area (Å²) < 4.78 is 5.71. The molecule has 35 heavy (non-hydrogen) atoms. The van der Waals surface area contributed by atoms with Gasteiger partial charge in [-0.15, -0.1) is 0 Å². The van der Waals surface area contributed by atoms with Crippen molar-refractivity contribution in [3.8, 4) is 11.1 Å². The molecule has 186 valence electrons. The van der Waals surface area contributed by atoms with Crippen molar-refractivity contribution in [3.05, 3.63) is 59.7 Å². The monoisotopic (exact) mass is 478 g/mol. The molecule has 0 radical (unpaired) electrons. The van der Waals surface area contributed by atoms with E-state index in [2.05, 4.69) is 34.9 Å². The van der Waals surface area contributed by atoms with Crippen LogP contribution in [0.4, 0.5) is 4.79 Å². The molecular weight excluding hydrogens is 444 g/mol. The topological polar surface area (TPSA) is 105 Å². The number of carboxylic acids is 1. The number of alkyl carbamates (subject to hydrolysis) is 1. The van der Waals surface area contributed by atoms with E-state index in [9.17, 15) is 19.5 Å². The Hall–Kier alpha value is -3.35. The van der Waals surface area contributed by atoms with Gasteiger partial charge < -0.3 is 20.5 Å². The molecule has 0 aromatic heterocycles. The van der Waals surface area contributed by atoms with Crippen molar-refractivity contribution < 1.29 is 24.2 Å². The minimum atomic E-state index is -1.19. The molecule has 3 N–H and O–H groups in total. The zero-order valence-electron chi connectivity index (χ0n) is 20.5. The molecule has 7 nitrogen and oxygen atoms in total. The zero-order chi connectivity index (χ0) is 25.2. The van der Waals surface area contributed by atoms with Crippen LogP contribution < -0.4 is 10.6 Å². The quantitative estimate of drug-likeness (QED) is 0.535. The highest BCUT2D eigenvalue weighted by Gasteiger charge is 2.45. The summed E-state index contributed by atoms with van der Waals surface area (Å²) in [6, 6.07) is 15.2. The van der Waals surface area contributed by atoms with Gasteiger partial charge in [-0.25, -0.2) is 9.59 Å². The van der Waals surface area contributed by atoms with Crippen molar-refractivity contribution in [1.82, 2.24) is 10.6 Å². The average molecular weight is 479 g/mol. The number of fused-ring (bicyclic) bond motifs is 3. The molecule has 1 saturated carbocycles. The number of hydrogen-bond acceptors (Lipinski definition) is 4. The Morgan fingerprint density at radius 2 is 1.66 bits per heavy atom. The van der Waals surface area contributed by atoms with Crippen LogP contribution >= 0.6 is 0 Å². The smallest absolute Gasteiger partial charge is 0.408 e. The lowest BCUT2D eigenvalue weighted by molar-refractivity contribution is -0.144. The number of carbonyl (C=O) groups is 3. The summed E-state index contributed by atoms with van der Waals surface area (Å²) in [7, 11) is 0. The second-order valence-corrected chi connectivity index (χ2v) is 10.3. The van der Waals surface area contributed by atoms with Gasteiger partial charge in [-0.3, -0.25) is 4.79 Å². The van der Waals surface area contributed by atoms with Gasteiger partial charge in [0.25, 0.3) is 0 Å². The molecule has 2 amide bonds. The molecule has 0 heterocycles. The minimum Gasteiger partial charge on any atom is -0.480 e. The van der Waals surface area contributed by atoms with E-state index in [-0.39, 0.29) is 24.4 Å². The highest BCUT2D eigenvalue weighted by atomic mass is 16.5. The fraction of sp³-hybridized carbons (Fsp3) is 0.464. The third-order valence-corrected chi connectivity index (χ3v) is 7.34. The van der Waals surface area contributed by atoms with Gasteiger partial charge in [-0.2, -0.15) is 0 Å². The Bertz CT molecular complexity index is 1070. The van der Waals surface area contributed by atoms with Crippen LogP contribution in [0, 0.1) is 11.8 Å². The van der Waals surface area contributed by atoms with Crippen molar-refractivity contribution in [2.24, 2.45) is 11.8 Å². The summed E-state index contributed by atoms with van der Waals surface area (Å²) in [6.45, 7) is 5.68. The molecule has 1 fully saturated rings. The zero-order valence-corrected chi connectivity index (χ0v) is 20.5. The number of nitrogens with one attached hydrogen (secondary N) is 2. The average Bonchev–Trinajstić information content (AvgIpc) is 3.14. The summed E-state index contributed by atoms with van der Waals surface area (Å²) in [6.07, 6.45) is 1.93.